The maximum atomic E-state index is 12.0. The lowest BCUT2D eigenvalue weighted by Crippen LogP contribution is -2.33. The Bertz CT molecular complexity index is 563. The van der Waals surface area contributed by atoms with Crippen LogP contribution in [-0.4, -0.2) is 36.3 Å². The largest absolute Gasteiger partial charge is 0.356 e. The lowest BCUT2D eigenvalue weighted by Gasteiger charge is -2.17. The third kappa shape index (κ3) is 4.37. The first-order valence-corrected chi connectivity index (χ1v) is 8.26. The lowest BCUT2D eigenvalue weighted by molar-refractivity contribution is -0.129. The number of benzene rings is 1. The molecule has 1 aliphatic rings. The number of nitrogens with one attached hydrogen (secondary N) is 1. The second-order valence-corrected chi connectivity index (χ2v) is 6.36. The first kappa shape index (κ1) is 17.1. The highest BCUT2D eigenvalue weighted by molar-refractivity contribution is 6.35. The molecule has 1 aliphatic heterocycles. The van der Waals surface area contributed by atoms with Crippen LogP contribution in [0.3, 0.4) is 0 Å². The molecule has 2 amide bonds. The van der Waals surface area contributed by atoms with Crippen molar-refractivity contribution in [2.45, 2.75) is 26.2 Å². The molecule has 1 unspecified atom stereocenters. The molecule has 22 heavy (non-hydrogen) atoms. The van der Waals surface area contributed by atoms with E-state index in [9.17, 15) is 9.59 Å². The Labute approximate surface area is 140 Å². The molecule has 6 heteroatoms. The molecule has 0 saturated carbocycles. The van der Waals surface area contributed by atoms with Crippen molar-refractivity contribution < 1.29 is 9.59 Å². The van der Waals surface area contributed by atoms with E-state index in [1.54, 1.807) is 17.0 Å². The molecule has 1 saturated heterocycles. The first-order valence-electron chi connectivity index (χ1n) is 7.50. The number of nitrogens with zero attached hydrogens (tertiary/aromatic N) is 1. The van der Waals surface area contributed by atoms with Gasteiger partial charge in [-0.15, -0.1) is 0 Å². The Hall–Kier alpha value is -1.26. The highest BCUT2D eigenvalue weighted by Gasteiger charge is 2.33. The fourth-order valence-electron chi connectivity index (χ4n) is 2.54. The van der Waals surface area contributed by atoms with Crippen molar-refractivity contribution >= 4 is 35.0 Å². The van der Waals surface area contributed by atoms with Crippen molar-refractivity contribution in [3.8, 4) is 0 Å². The molecule has 1 aromatic rings. The average Bonchev–Trinajstić information content (AvgIpc) is 2.85. The number of rotatable bonds is 6. The molecule has 4 nitrogen and oxygen atoms in total. The van der Waals surface area contributed by atoms with Gasteiger partial charge in [-0.2, -0.15) is 0 Å². The van der Waals surface area contributed by atoms with Crippen LogP contribution in [0.15, 0.2) is 18.2 Å². The van der Waals surface area contributed by atoms with Gasteiger partial charge in [-0.3, -0.25) is 9.59 Å². The Kier molecular flexibility index (Phi) is 6.09. The molecule has 1 heterocycles. The quantitative estimate of drug-likeness (QED) is 0.863. The number of amides is 2. The van der Waals surface area contributed by atoms with Gasteiger partial charge < -0.3 is 10.2 Å². The summed E-state index contributed by atoms with van der Waals surface area (Å²) in [7, 11) is 0. The van der Waals surface area contributed by atoms with Gasteiger partial charge in [-0.25, -0.2) is 0 Å². The highest BCUT2D eigenvalue weighted by atomic mass is 35.5. The number of halogens is 2. The van der Waals surface area contributed by atoms with Crippen molar-refractivity contribution in [1.29, 1.82) is 0 Å². The van der Waals surface area contributed by atoms with Crippen LogP contribution < -0.4 is 5.32 Å². The van der Waals surface area contributed by atoms with Gasteiger partial charge in [0, 0.05) is 36.1 Å². The van der Waals surface area contributed by atoms with E-state index < -0.39 is 0 Å². The maximum absolute atomic E-state index is 12.0. The topological polar surface area (TPSA) is 49.4 Å². The number of likely N-dealkylation sites (tertiary alicyclic amines) is 1. The summed E-state index contributed by atoms with van der Waals surface area (Å²) in [6.45, 7) is 3.71. The van der Waals surface area contributed by atoms with Gasteiger partial charge in [0.2, 0.25) is 11.8 Å². The van der Waals surface area contributed by atoms with Crippen molar-refractivity contribution in [1.82, 2.24) is 10.2 Å². The van der Waals surface area contributed by atoms with Crippen molar-refractivity contribution in [3.05, 3.63) is 33.8 Å². The molecule has 120 valence electrons. The van der Waals surface area contributed by atoms with Gasteiger partial charge in [0.1, 0.15) is 0 Å². The molecule has 0 bridgehead atoms. The second-order valence-electron chi connectivity index (χ2n) is 5.52. The van der Waals surface area contributed by atoms with Gasteiger partial charge in [-0.05, 0) is 30.5 Å². The third-order valence-corrected chi connectivity index (χ3v) is 4.39. The predicted octanol–water partition coefficient (Wildman–Crippen LogP) is 2.91. The van der Waals surface area contributed by atoms with Gasteiger partial charge in [0.15, 0.2) is 0 Å². The molecule has 1 atom stereocenters. The van der Waals surface area contributed by atoms with Crippen LogP contribution in [0.25, 0.3) is 0 Å². The summed E-state index contributed by atoms with van der Waals surface area (Å²) in [5, 5.41) is 4.05. The van der Waals surface area contributed by atoms with Crippen LogP contribution in [0.4, 0.5) is 0 Å². The van der Waals surface area contributed by atoms with Gasteiger partial charge in [0.25, 0.3) is 0 Å². The number of carbonyl (C=O) groups is 2. The molecule has 0 spiro atoms. The Balaban J connectivity index is 1.88. The van der Waals surface area contributed by atoms with Crippen LogP contribution in [0, 0.1) is 5.92 Å². The van der Waals surface area contributed by atoms with Gasteiger partial charge in [-0.1, -0.05) is 36.2 Å². The SMILES string of the molecule is CCCNC(=O)C1CC(=O)N(CCc2ccc(Cl)cc2Cl)C1. The first-order chi connectivity index (χ1) is 10.5. The summed E-state index contributed by atoms with van der Waals surface area (Å²) >= 11 is 12.0. The summed E-state index contributed by atoms with van der Waals surface area (Å²) in [6.07, 6.45) is 1.85. The predicted molar refractivity (Wildman–Crippen MR) is 88.2 cm³/mol. The van der Waals surface area contributed by atoms with E-state index >= 15 is 0 Å². The number of carbonyl (C=O) groups excluding carboxylic acids is 2. The molecule has 0 aromatic heterocycles. The average molecular weight is 343 g/mol. The minimum atomic E-state index is -0.236. The second kappa shape index (κ2) is 7.84. The Morgan fingerprint density at radius 1 is 1.41 bits per heavy atom. The van der Waals surface area contributed by atoms with Gasteiger partial charge >= 0.3 is 0 Å². The molecule has 0 radical (unpaired) electrons. The molecular formula is C16H20Cl2N2O2. The van der Waals surface area contributed by atoms with E-state index in [1.807, 2.05) is 13.0 Å². The third-order valence-electron chi connectivity index (χ3n) is 3.80. The fourth-order valence-corrected chi connectivity index (χ4v) is 3.04. The van der Waals surface area contributed by atoms with Crippen LogP contribution in [0.5, 0.6) is 0 Å². The summed E-state index contributed by atoms with van der Waals surface area (Å²) in [6, 6.07) is 5.36. The van der Waals surface area contributed by atoms with E-state index in [0.29, 0.717) is 42.5 Å². The molecule has 0 aliphatic carbocycles. The maximum Gasteiger partial charge on any atom is 0.225 e. The van der Waals surface area contributed by atoms with E-state index in [1.165, 1.54) is 0 Å². The minimum absolute atomic E-state index is 0.0257. The minimum Gasteiger partial charge on any atom is -0.356 e. The molecule has 1 fully saturated rings. The van der Waals surface area contributed by atoms with Crippen LogP contribution >= 0.6 is 23.2 Å². The van der Waals surface area contributed by atoms with Crippen molar-refractivity contribution in [2.75, 3.05) is 19.6 Å². The van der Waals surface area contributed by atoms with Crippen molar-refractivity contribution in [2.24, 2.45) is 5.92 Å². The Morgan fingerprint density at radius 3 is 2.86 bits per heavy atom. The van der Waals surface area contributed by atoms with E-state index in [-0.39, 0.29) is 17.7 Å². The monoisotopic (exact) mass is 342 g/mol. The van der Waals surface area contributed by atoms with E-state index in [4.69, 9.17) is 23.2 Å². The van der Waals surface area contributed by atoms with Crippen molar-refractivity contribution in [3.63, 3.8) is 0 Å². The summed E-state index contributed by atoms with van der Waals surface area (Å²) in [5.74, 6) is -0.233. The van der Waals surface area contributed by atoms with E-state index in [2.05, 4.69) is 5.32 Å². The van der Waals surface area contributed by atoms with Crippen LogP contribution in [-0.2, 0) is 16.0 Å². The molecule has 1 N–H and O–H groups in total. The van der Waals surface area contributed by atoms with Crippen LogP contribution in [0.1, 0.15) is 25.3 Å². The van der Waals surface area contributed by atoms with E-state index in [0.717, 1.165) is 12.0 Å². The summed E-state index contributed by atoms with van der Waals surface area (Å²) < 4.78 is 0. The Morgan fingerprint density at radius 2 is 2.18 bits per heavy atom. The highest BCUT2D eigenvalue weighted by Crippen LogP contribution is 2.23. The standard InChI is InChI=1S/C16H20Cl2N2O2/c1-2-6-19-16(22)12-8-15(21)20(10-12)7-5-11-3-4-13(17)9-14(11)18/h3-4,9,12H,2,5-8,10H2,1H3,(H,19,22). The zero-order chi connectivity index (χ0) is 16.1. The zero-order valence-corrected chi connectivity index (χ0v) is 14.1. The molecule has 2 rings (SSSR count). The summed E-state index contributed by atoms with van der Waals surface area (Å²) in [5.41, 5.74) is 0.956. The zero-order valence-electron chi connectivity index (χ0n) is 12.6. The van der Waals surface area contributed by atoms with Gasteiger partial charge in [0.05, 0.1) is 5.92 Å². The number of hydrogen-bond acceptors (Lipinski definition) is 2. The van der Waals surface area contributed by atoms with Crippen LogP contribution in [0.2, 0.25) is 10.0 Å². The fraction of sp³-hybridized carbons (Fsp3) is 0.500. The smallest absolute Gasteiger partial charge is 0.225 e. The molecule has 1 aromatic carbocycles. The normalized spacial score (nSPS) is 17.9. The number of hydrogen-bond donors (Lipinski definition) is 1. The lowest BCUT2D eigenvalue weighted by atomic mass is 10.1. The summed E-state index contributed by atoms with van der Waals surface area (Å²) in [4.78, 5) is 25.7. The molecular weight excluding hydrogens is 323 g/mol.